The van der Waals surface area contributed by atoms with E-state index in [1.165, 1.54) is 0 Å². The predicted octanol–water partition coefficient (Wildman–Crippen LogP) is 3.36. The van der Waals surface area contributed by atoms with Gasteiger partial charge in [-0.2, -0.15) is 0 Å². The summed E-state index contributed by atoms with van der Waals surface area (Å²) < 4.78 is 5.25. The van der Waals surface area contributed by atoms with Crippen molar-refractivity contribution in [2.75, 3.05) is 25.1 Å². The Bertz CT molecular complexity index is 399. The lowest BCUT2D eigenvalue weighted by Gasteiger charge is -2.13. The van der Waals surface area contributed by atoms with Gasteiger partial charge in [0, 0.05) is 30.5 Å². The van der Waals surface area contributed by atoms with Crippen LogP contribution in [0.3, 0.4) is 0 Å². The zero-order chi connectivity index (χ0) is 13.4. The van der Waals surface area contributed by atoms with Crippen molar-refractivity contribution in [3.05, 3.63) is 28.8 Å². The Balaban J connectivity index is 2.34. The molecule has 0 saturated heterocycles. The van der Waals surface area contributed by atoms with Gasteiger partial charge in [0.25, 0.3) is 0 Å². The lowest BCUT2D eigenvalue weighted by molar-refractivity contribution is 0.146. The Kier molecular flexibility index (Phi) is 7.01. The van der Waals surface area contributed by atoms with Crippen LogP contribution in [-0.4, -0.2) is 24.9 Å². The van der Waals surface area contributed by atoms with Gasteiger partial charge in [-0.3, -0.25) is 0 Å². The third-order valence-electron chi connectivity index (χ3n) is 2.47. The number of thiocarbonyl (C=S) groups is 1. The molecule has 0 aliphatic carbocycles. The van der Waals surface area contributed by atoms with Crippen LogP contribution in [0, 0.1) is 6.92 Å². The molecule has 0 heterocycles. The van der Waals surface area contributed by atoms with Gasteiger partial charge < -0.3 is 15.4 Å². The van der Waals surface area contributed by atoms with Crippen LogP contribution in [-0.2, 0) is 4.74 Å². The number of halogens is 1. The Morgan fingerprint density at radius 1 is 1.44 bits per heavy atom. The molecular formula is C13H19ClN2OS. The molecule has 0 bridgehead atoms. The van der Waals surface area contributed by atoms with Crippen LogP contribution in [0.1, 0.15) is 18.9 Å². The average molecular weight is 287 g/mol. The zero-order valence-corrected chi connectivity index (χ0v) is 12.3. The molecular weight excluding hydrogens is 268 g/mol. The van der Waals surface area contributed by atoms with Crippen LogP contribution in [0.5, 0.6) is 0 Å². The first-order valence-corrected chi connectivity index (χ1v) is 6.81. The monoisotopic (exact) mass is 286 g/mol. The molecule has 2 N–H and O–H groups in total. The van der Waals surface area contributed by atoms with Gasteiger partial charge in [0.1, 0.15) is 0 Å². The summed E-state index contributed by atoms with van der Waals surface area (Å²) in [6, 6.07) is 5.71. The normalized spacial score (nSPS) is 10.2. The maximum Gasteiger partial charge on any atom is 0.170 e. The van der Waals surface area contributed by atoms with Crippen LogP contribution in [0.15, 0.2) is 18.2 Å². The Labute approximate surface area is 119 Å². The number of rotatable bonds is 6. The molecule has 1 aromatic carbocycles. The van der Waals surface area contributed by atoms with E-state index in [2.05, 4.69) is 10.6 Å². The first-order valence-electron chi connectivity index (χ1n) is 6.03. The van der Waals surface area contributed by atoms with Crippen molar-refractivity contribution in [1.29, 1.82) is 0 Å². The van der Waals surface area contributed by atoms with E-state index in [1.54, 1.807) is 0 Å². The predicted molar refractivity (Wildman–Crippen MR) is 81.5 cm³/mol. The van der Waals surface area contributed by atoms with Crippen molar-refractivity contribution >= 4 is 34.6 Å². The minimum absolute atomic E-state index is 0.608. The van der Waals surface area contributed by atoms with E-state index < -0.39 is 0 Å². The molecule has 1 aromatic rings. The highest BCUT2D eigenvalue weighted by molar-refractivity contribution is 7.80. The van der Waals surface area contributed by atoms with E-state index in [1.807, 2.05) is 32.0 Å². The second kappa shape index (κ2) is 8.29. The minimum Gasteiger partial charge on any atom is -0.382 e. The highest BCUT2D eigenvalue weighted by Crippen LogP contribution is 2.22. The van der Waals surface area contributed by atoms with Crippen LogP contribution < -0.4 is 10.6 Å². The molecule has 1 rings (SSSR count). The van der Waals surface area contributed by atoms with E-state index in [9.17, 15) is 0 Å². The fourth-order valence-corrected chi connectivity index (χ4v) is 1.82. The van der Waals surface area contributed by atoms with E-state index in [-0.39, 0.29) is 0 Å². The standard InChI is InChI=1S/C13H19ClN2OS/c1-3-17-9-5-8-15-13(18)16-12-7-4-6-11(14)10(12)2/h4,6-7H,3,5,8-9H2,1-2H3,(H2,15,16,18). The molecule has 0 amide bonds. The second-order valence-electron chi connectivity index (χ2n) is 3.84. The number of hydrogen-bond acceptors (Lipinski definition) is 2. The molecule has 5 heteroatoms. The second-order valence-corrected chi connectivity index (χ2v) is 4.66. The minimum atomic E-state index is 0.608. The molecule has 0 unspecified atom stereocenters. The first kappa shape index (κ1) is 15.2. The van der Waals surface area contributed by atoms with Gasteiger partial charge in [0.2, 0.25) is 0 Å². The Morgan fingerprint density at radius 2 is 2.22 bits per heavy atom. The SMILES string of the molecule is CCOCCCNC(=S)Nc1cccc(Cl)c1C. The zero-order valence-electron chi connectivity index (χ0n) is 10.8. The molecule has 100 valence electrons. The lowest BCUT2D eigenvalue weighted by atomic mass is 10.2. The van der Waals surface area contributed by atoms with Crippen molar-refractivity contribution in [3.8, 4) is 0 Å². The molecule has 0 aliphatic heterocycles. The van der Waals surface area contributed by atoms with Gasteiger partial charge in [-0.15, -0.1) is 0 Å². The molecule has 0 aromatic heterocycles. The van der Waals surface area contributed by atoms with E-state index in [4.69, 9.17) is 28.6 Å². The van der Waals surface area contributed by atoms with Gasteiger partial charge in [-0.25, -0.2) is 0 Å². The quantitative estimate of drug-likeness (QED) is 0.621. The maximum absolute atomic E-state index is 6.04. The molecule has 3 nitrogen and oxygen atoms in total. The molecule has 0 radical (unpaired) electrons. The summed E-state index contributed by atoms with van der Waals surface area (Å²) in [5, 5.41) is 7.61. The Hall–Kier alpha value is -0.840. The largest absolute Gasteiger partial charge is 0.382 e. The fraction of sp³-hybridized carbons (Fsp3) is 0.462. The summed E-state index contributed by atoms with van der Waals surface area (Å²) in [4.78, 5) is 0. The highest BCUT2D eigenvalue weighted by atomic mass is 35.5. The van der Waals surface area contributed by atoms with Crippen LogP contribution in [0.4, 0.5) is 5.69 Å². The molecule has 0 atom stereocenters. The summed E-state index contributed by atoms with van der Waals surface area (Å²) in [6.07, 6.45) is 0.935. The van der Waals surface area contributed by atoms with Crippen molar-refractivity contribution in [3.63, 3.8) is 0 Å². The number of benzene rings is 1. The van der Waals surface area contributed by atoms with Crippen LogP contribution in [0.25, 0.3) is 0 Å². The van der Waals surface area contributed by atoms with Crippen LogP contribution in [0.2, 0.25) is 5.02 Å². The maximum atomic E-state index is 6.04. The third kappa shape index (κ3) is 5.21. The van der Waals surface area contributed by atoms with E-state index in [0.29, 0.717) is 5.11 Å². The number of nitrogens with one attached hydrogen (secondary N) is 2. The first-order chi connectivity index (χ1) is 8.65. The summed E-state index contributed by atoms with van der Waals surface area (Å²) in [5.74, 6) is 0. The smallest absolute Gasteiger partial charge is 0.170 e. The van der Waals surface area contributed by atoms with Gasteiger partial charge in [0.05, 0.1) is 0 Å². The van der Waals surface area contributed by atoms with Crippen molar-refractivity contribution < 1.29 is 4.74 Å². The highest BCUT2D eigenvalue weighted by Gasteiger charge is 2.03. The summed E-state index contributed by atoms with van der Waals surface area (Å²) in [5.41, 5.74) is 1.93. The van der Waals surface area contributed by atoms with Crippen molar-refractivity contribution in [2.24, 2.45) is 0 Å². The van der Waals surface area contributed by atoms with E-state index in [0.717, 1.165) is 42.5 Å². The van der Waals surface area contributed by atoms with Gasteiger partial charge in [-0.1, -0.05) is 17.7 Å². The summed E-state index contributed by atoms with van der Waals surface area (Å²) >= 11 is 11.2. The molecule has 0 fully saturated rings. The summed E-state index contributed by atoms with van der Waals surface area (Å²) in [6.45, 7) is 6.25. The number of hydrogen-bond donors (Lipinski definition) is 2. The number of anilines is 1. The number of ether oxygens (including phenoxy) is 1. The molecule has 0 saturated carbocycles. The van der Waals surface area contributed by atoms with Gasteiger partial charge in [-0.05, 0) is 50.2 Å². The lowest BCUT2D eigenvalue weighted by Crippen LogP contribution is -2.30. The molecule has 18 heavy (non-hydrogen) atoms. The van der Waals surface area contributed by atoms with Gasteiger partial charge >= 0.3 is 0 Å². The van der Waals surface area contributed by atoms with Crippen molar-refractivity contribution in [1.82, 2.24) is 5.32 Å². The van der Waals surface area contributed by atoms with Gasteiger partial charge in [0.15, 0.2) is 5.11 Å². The third-order valence-corrected chi connectivity index (χ3v) is 3.13. The van der Waals surface area contributed by atoms with E-state index >= 15 is 0 Å². The summed E-state index contributed by atoms with van der Waals surface area (Å²) in [7, 11) is 0. The van der Waals surface area contributed by atoms with Crippen LogP contribution >= 0.6 is 23.8 Å². The van der Waals surface area contributed by atoms with Crippen molar-refractivity contribution in [2.45, 2.75) is 20.3 Å². The molecule has 0 aliphatic rings. The molecule has 0 spiro atoms. The topological polar surface area (TPSA) is 33.3 Å². The Morgan fingerprint density at radius 3 is 2.94 bits per heavy atom. The fourth-order valence-electron chi connectivity index (χ4n) is 1.43. The average Bonchev–Trinajstić information content (AvgIpc) is 2.35.